The third-order valence-electron chi connectivity index (χ3n) is 2.41. The van der Waals surface area contributed by atoms with Crippen molar-refractivity contribution in [2.24, 2.45) is 0 Å². The predicted molar refractivity (Wildman–Crippen MR) is 69.9 cm³/mol. The first kappa shape index (κ1) is 11.0. The molecule has 0 saturated heterocycles. The zero-order chi connectivity index (χ0) is 11.2. The van der Waals surface area contributed by atoms with Gasteiger partial charge >= 0.3 is 0 Å². The number of hydrogen-bond acceptors (Lipinski definition) is 1. The van der Waals surface area contributed by atoms with Crippen LogP contribution < -0.4 is 5.30 Å². The third-order valence-corrected chi connectivity index (χ3v) is 4.33. The highest BCUT2D eigenvalue weighted by Crippen LogP contribution is 2.34. The molecule has 80 valence electrons. The van der Waals surface area contributed by atoms with Gasteiger partial charge in [-0.1, -0.05) is 60.7 Å². The Hall–Kier alpha value is -1.46. The Morgan fingerprint density at radius 1 is 0.875 bits per heavy atom. The standard InChI is InChI=1S/C14H13OP/c15-12-16(14-9-5-2-6-10-14)11-13-7-3-1-4-8-13/h1-10,12H,11H2. The molecule has 16 heavy (non-hydrogen) atoms. The molecule has 2 aromatic rings. The molecule has 1 unspecified atom stereocenters. The molecular weight excluding hydrogens is 215 g/mol. The van der Waals surface area contributed by atoms with Gasteiger partial charge < -0.3 is 0 Å². The second-order valence-corrected chi connectivity index (χ2v) is 5.54. The van der Waals surface area contributed by atoms with Crippen molar-refractivity contribution in [3.63, 3.8) is 0 Å². The number of carbonyl (C=O) groups is 1. The van der Waals surface area contributed by atoms with Crippen LogP contribution in [0.2, 0.25) is 0 Å². The van der Waals surface area contributed by atoms with Gasteiger partial charge in [0.05, 0.1) is 0 Å². The van der Waals surface area contributed by atoms with Gasteiger partial charge in [0.25, 0.3) is 0 Å². The first-order valence-electron chi connectivity index (χ1n) is 5.21. The SMILES string of the molecule is O=CP(Cc1ccccc1)c1ccccc1. The zero-order valence-corrected chi connectivity index (χ0v) is 9.81. The highest BCUT2D eigenvalue weighted by Gasteiger charge is 2.09. The minimum Gasteiger partial charge on any atom is -0.298 e. The van der Waals surface area contributed by atoms with Crippen molar-refractivity contribution in [2.75, 3.05) is 0 Å². The van der Waals surface area contributed by atoms with Crippen molar-refractivity contribution in [1.82, 2.24) is 0 Å². The minimum absolute atomic E-state index is 0.710. The van der Waals surface area contributed by atoms with Crippen LogP contribution in [0.3, 0.4) is 0 Å². The van der Waals surface area contributed by atoms with Crippen LogP contribution in [-0.2, 0) is 11.0 Å². The van der Waals surface area contributed by atoms with Gasteiger partial charge in [-0.25, -0.2) is 0 Å². The molecule has 1 nitrogen and oxygen atoms in total. The summed E-state index contributed by atoms with van der Waals surface area (Å²) in [6.45, 7) is 0. The predicted octanol–water partition coefficient (Wildman–Crippen LogP) is 3.18. The molecule has 0 aliphatic rings. The second-order valence-electron chi connectivity index (χ2n) is 3.55. The maximum Gasteiger partial charge on any atom is 0.146 e. The molecule has 0 bridgehead atoms. The average molecular weight is 228 g/mol. The van der Waals surface area contributed by atoms with Gasteiger partial charge in [0.2, 0.25) is 0 Å². The summed E-state index contributed by atoms with van der Waals surface area (Å²) in [5, 5.41) is 1.15. The maximum atomic E-state index is 11.1. The van der Waals surface area contributed by atoms with Crippen LogP contribution in [0.25, 0.3) is 0 Å². The van der Waals surface area contributed by atoms with Crippen LogP contribution in [0.1, 0.15) is 5.56 Å². The highest BCUT2D eigenvalue weighted by atomic mass is 31.1. The van der Waals surface area contributed by atoms with Crippen LogP contribution >= 0.6 is 7.92 Å². The molecule has 0 N–H and O–H groups in total. The van der Waals surface area contributed by atoms with Crippen molar-refractivity contribution in [1.29, 1.82) is 0 Å². The number of benzene rings is 2. The molecule has 0 aliphatic carbocycles. The lowest BCUT2D eigenvalue weighted by molar-refractivity contribution is 0.569. The lowest BCUT2D eigenvalue weighted by Gasteiger charge is -2.10. The molecule has 2 heteroatoms. The topological polar surface area (TPSA) is 17.1 Å². The van der Waals surface area contributed by atoms with E-state index in [1.54, 1.807) is 0 Å². The molecule has 0 spiro atoms. The Morgan fingerprint density at radius 3 is 2.00 bits per heavy atom. The first-order chi connectivity index (χ1) is 7.90. The number of carbonyl (C=O) groups excluding carboxylic acids is 1. The average Bonchev–Trinajstić information content (AvgIpc) is 2.38. The van der Waals surface area contributed by atoms with Crippen molar-refractivity contribution < 1.29 is 4.79 Å². The van der Waals surface area contributed by atoms with Crippen LogP contribution in [0, 0.1) is 0 Å². The fraction of sp³-hybridized carbons (Fsp3) is 0.0714. The quantitative estimate of drug-likeness (QED) is 0.580. The van der Waals surface area contributed by atoms with Gasteiger partial charge in [-0.2, -0.15) is 0 Å². The Balaban J connectivity index is 2.16. The molecular formula is C14H13OP. The zero-order valence-electron chi connectivity index (χ0n) is 8.91. The smallest absolute Gasteiger partial charge is 0.146 e. The van der Waals surface area contributed by atoms with Crippen LogP contribution in [0.5, 0.6) is 0 Å². The monoisotopic (exact) mass is 228 g/mol. The van der Waals surface area contributed by atoms with E-state index >= 15 is 0 Å². The second kappa shape index (κ2) is 5.58. The summed E-state index contributed by atoms with van der Waals surface area (Å²) in [7, 11) is -0.710. The summed E-state index contributed by atoms with van der Waals surface area (Å²) in [6, 6.07) is 21.3. The highest BCUT2D eigenvalue weighted by molar-refractivity contribution is 7.78. The van der Waals surface area contributed by atoms with E-state index in [1.807, 2.05) is 48.5 Å². The van der Waals surface area contributed by atoms with E-state index in [-0.39, 0.29) is 0 Å². The van der Waals surface area contributed by atoms with Gasteiger partial charge in [0.15, 0.2) is 0 Å². The molecule has 0 aliphatic heterocycles. The summed E-state index contributed by atoms with van der Waals surface area (Å²) in [5.74, 6) is 0. The van der Waals surface area contributed by atoms with E-state index in [0.29, 0.717) is 0 Å². The summed E-state index contributed by atoms with van der Waals surface area (Å²) in [5.41, 5.74) is 1.23. The normalized spacial score (nSPS) is 12.0. The fourth-order valence-corrected chi connectivity index (χ4v) is 3.13. The van der Waals surface area contributed by atoms with Crippen molar-refractivity contribution in [3.05, 3.63) is 66.2 Å². The molecule has 1 atom stereocenters. The van der Waals surface area contributed by atoms with Crippen molar-refractivity contribution in [2.45, 2.75) is 6.16 Å². The molecule has 2 rings (SSSR count). The van der Waals surface area contributed by atoms with Gasteiger partial charge in [-0.15, -0.1) is 0 Å². The lowest BCUT2D eigenvalue weighted by Crippen LogP contribution is -2.02. The molecule has 0 aromatic heterocycles. The molecule has 0 amide bonds. The van der Waals surface area contributed by atoms with E-state index < -0.39 is 7.92 Å². The third kappa shape index (κ3) is 2.77. The van der Waals surface area contributed by atoms with Crippen molar-refractivity contribution >= 4 is 19.3 Å². The molecule has 0 heterocycles. The summed E-state index contributed by atoms with van der Waals surface area (Å²) in [4.78, 5) is 11.1. The van der Waals surface area contributed by atoms with E-state index in [1.165, 1.54) is 5.56 Å². The minimum atomic E-state index is -0.710. The van der Waals surface area contributed by atoms with E-state index in [9.17, 15) is 4.79 Å². The number of hydrogen-bond donors (Lipinski definition) is 0. The van der Waals surface area contributed by atoms with Gasteiger partial charge in [0.1, 0.15) is 6.03 Å². The lowest BCUT2D eigenvalue weighted by atomic mass is 10.2. The van der Waals surface area contributed by atoms with Gasteiger partial charge in [0, 0.05) is 6.16 Å². The molecule has 0 saturated carbocycles. The fourth-order valence-electron chi connectivity index (χ4n) is 1.59. The first-order valence-corrected chi connectivity index (χ1v) is 6.80. The van der Waals surface area contributed by atoms with E-state index in [4.69, 9.17) is 0 Å². The van der Waals surface area contributed by atoms with E-state index in [2.05, 4.69) is 12.1 Å². The Kier molecular flexibility index (Phi) is 3.85. The van der Waals surface area contributed by atoms with Crippen molar-refractivity contribution in [3.8, 4) is 0 Å². The Morgan fingerprint density at radius 2 is 1.44 bits per heavy atom. The van der Waals surface area contributed by atoms with Gasteiger partial charge in [-0.05, 0) is 18.8 Å². The van der Waals surface area contributed by atoms with Crippen LogP contribution in [-0.4, -0.2) is 6.03 Å². The van der Waals surface area contributed by atoms with E-state index in [0.717, 1.165) is 17.5 Å². The Labute approximate surface area is 96.9 Å². The summed E-state index contributed by atoms with van der Waals surface area (Å²) in [6.07, 6.45) is 0.837. The summed E-state index contributed by atoms with van der Waals surface area (Å²) < 4.78 is 0. The molecule has 0 radical (unpaired) electrons. The summed E-state index contributed by atoms with van der Waals surface area (Å²) >= 11 is 0. The van der Waals surface area contributed by atoms with Crippen LogP contribution in [0.15, 0.2) is 60.7 Å². The largest absolute Gasteiger partial charge is 0.298 e. The molecule has 0 fully saturated rings. The molecule has 2 aromatic carbocycles. The maximum absolute atomic E-state index is 11.1. The Bertz CT molecular complexity index is 439. The number of rotatable bonds is 4. The van der Waals surface area contributed by atoms with Crippen LogP contribution in [0.4, 0.5) is 0 Å². The van der Waals surface area contributed by atoms with Gasteiger partial charge in [-0.3, -0.25) is 4.79 Å².